The van der Waals surface area contributed by atoms with Gasteiger partial charge in [0.1, 0.15) is 4.83 Å². The monoisotopic (exact) mass is 368 g/mol. The number of hydrogen-bond acceptors (Lipinski definition) is 6. The summed E-state index contributed by atoms with van der Waals surface area (Å²) in [7, 11) is 0. The standard InChI is InChI=1S/C18H28N2O4S/c1-7-22-18(23-8-2,24-9-3)17-19-15(21)14-12(6)13(10-11(4)5)25-16(14)20-17/h11H,7-10H2,1-6H3,(H,19,20,21). The number of rotatable bonds is 9. The second kappa shape index (κ2) is 8.40. The molecule has 0 aromatic carbocycles. The van der Waals surface area contributed by atoms with Crippen LogP contribution in [0.1, 0.15) is 50.9 Å². The number of aryl methyl sites for hydroxylation is 1. The lowest BCUT2D eigenvalue weighted by atomic mass is 10.1. The summed E-state index contributed by atoms with van der Waals surface area (Å²) in [5.41, 5.74) is 0.816. The first-order valence-electron chi connectivity index (χ1n) is 8.83. The van der Waals surface area contributed by atoms with E-state index in [1.165, 1.54) is 4.88 Å². The zero-order valence-electron chi connectivity index (χ0n) is 15.9. The van der Waals surface area contributed by atoms with Crippen LogP contribution < -0.4 is 5.56 Å². The van der Waals surface area contributed by atoms with Gasteiger partial charge in [-0.2, -0.15) is 0 Å². The van der Waals surface area contributed by atoms with Crippen LogP contribution in [-0.2, 0) is 26.6 Å². The Labute approximate surface area is 152 Å². The van der Waals surface area contributed by atoms with E-state index in [2.05, 4.69) is 23.8 Å². The molecule has 140 valence electrons. The van der Waals surface area contributed by atoms with Gasteiger partial charge in [0.25, 0.3) is 5.56 Å². The Morgan fingerprint density at radius 1 is 1.12 bits per heavy atom. The molecule has 0 spiro atoms. The molecule has 25 heavy (non-hydrogen) atoms. The summed E-state index contributed by atoms with van der Waals surface area (Å²) in [6, 6.07) is 0. The Morgan fingerprint density at radius 3 is 2.16 bits per heavy atom. The molecule has 2 aromatic rings. The van der Waals surface area contributed by atoms with E-state index in [9.17, 15) is 4.79 Å². The smallest absolute Gasteiger partial charge is 0.321 e. The van der Waals surface area contributed by atoms with Crippen molar-refractivity contribution in [3.05, 3.63) is 26.6 Å². The van der Waals surface area contributed by atoms with Gasteiger partial charge in [-0.15, -0.1) is 11.3 Å². The molecule has 0 fully saturated rings. The van der Waals surface area contributed by atoms with Crippen molar-refractivity contribution >= 4 is 21.6 Å². The topological polar surface area (TPSA) is 73.4 Å². The Hall–Kier alpha value is -1.28. The van der Waals surface area contributed by atoms with Crippen LogP contribution in [0.25, 0.3) is 10.2 Å². The molecule has 2 rings (SSSR count). The van der Waals surface area contributed by atoms with E-state index in [-0.39, 0.29) is 11.4 Å². The average Bonchev–Trinajstić information content (AvgIpc) is 2.83. The molecule has 0 saturated carbocycles. The van der Waals surface area contributed by atoms with E-state index < -0.39 is 5.97 Å². The highest BCUT2D eigenvalue weighted by atomic mass is 32.1. The predicted molar refractivity (Wildman–Crippen MR) is 100 cm³/mol. The minimum absolute atomic E-state index is 0.188. The summed E-state index contributed by atoms with van der Waals surface area (Å²) >= 11 is 1.55. The second-order valence-electron chi connectivity index (χ2n) is 6.20. The van der Waals surface area contributed by atoms with Crippen LogP contribution in [0.15, 0.2) is 4.79 Å². The van der Waals surface area contributed by atoms with Gasteiger partial charge in [-0.1, -0.05) is 13.8 Å². The number of hydrogen-bond donors (Lipinski definition) is 1. The molecular formula is C18H28N2O4S. The van der Waals surface area contributed by atoms with Crippen LogP contribution in [0.3, 0.4) is 0 Å². The second-order valence-corrected chi connectivity index (χ2v) is 7.28. The maximum absolute atomic E-state index is 12.7. The van der Waals surface area contributed by atoms with Crippen molar-refractivity contribution in [2.75, 3.05) is 19.8 Å². The third kappa shape index (κ3) is 4.11. The van der Waals surface area contributed by atoms with Crippen molar-refractivity contribution in [1.82, 2.24) is 9.97 Å². The van der Waals surface area contributed by atoms with Crippen molar-refractivity contribution in [3.63, 3.8) is 0 Å². The lowest BCUT2D eigenvalue weighted by molar-refractivity contribution is -0.393. The molecule has 0 amide bonds. The number of aromatic amines is 1. The first-order valence-corrected chi connectivity index (χ1v) is 9.64. The predicted octanol–water partition coefficient (Wildman–Crippen LogP) is 3.71. The molecule has 0 unspecified atom stereocenters. The summed E-state index contributed by atoms with van der Waals surface area (Å²) in [6.45, 7) is 12.9. The Morgan fingerprint density at radius 2 is 1.68 bits per heavy atom. The summed E-state index contributed by atoms with van der Waals surface area (Å²) in [6.07, 6.45) is 0.926. The number of nitrogens with zero attached hydrogens (tertiary/aromatic N) is 1. The molecule has 0 atom stereocenters. The lowest BCUT2D eigenvalue weighted by Crippen LogP contribution is -2.39. The van der Waals surface area contributed by atoms with Gasteiger partial charge in [-0.25, -0.2) is 4.98 Å². The number of nitrogens with one attached hydrogen (secondary N) is 1. The first kappa shape index (κ1) is 20.0. The maximum atomic E-state index is 12.7. The van der Waals surface area contributed by atoms with Crippen LogP contribution in [-0.4, -0.2) is 29.8 Å². The summed E-state index contributed by atoms with van der Waals surface area (Å²) < 4.78 is 17.2. The maximum Gasteiger partial charge on any atom is 0.346 e. The Bertz CT molecular complexity index is 749. The van der Waals surface area contributed by atoms with Gasteiger partial charge in [-0.3, -0.25) is 4.79 Å². The normalized spacial score (nSPS) is 12.4. The molecule has 0 aliphatic carbocycles. The fourth-order valence-electron chi connectivity index (χ4n) is 2.80. The molecule has 2 heterocycles. The van der Waals surface area contributed by atoms with Gasteiger partial charge < -0.3 is 19.2 Å². The fraction of sp³-hybridized carbons (Fsp3) is 0.667. The van der Waals surface area contributed by atoms with Crippen LogP contribution in [0.4, 0.5) is 0 Å². The molecule has 0 aliphatic heterocycles. The van der Waals surface area contributed by atoms with Gasteiger partial charge >= 0.3 is 5.97 Å². The SMILES string of the molecule is CCOC(OCC)(OCC)c1nc2sc(CC(C)C)c(C)c2c(=O)[nH]1. The average molecular weight is 368 g/mol. The first-order chi connectivity index (χ1) is 11.9. The highest BCUT2D eigenvalue weighted by Gasteiger charge is 2.39. The fourth-order valence-corrected chi connectivity index (χ4v) is 4.19. The number of aromatic nitrogens is 2. The molecule has 7 heteroatoms. The van der Waals surface area contributed by atoms with Gasteiger partial charge in [0.15, 0.2) is 0 Å². The third-order valence-electron chi connectivity index (χ3n) is 3.79. The van der Waals surface area contributed by atoms with Crippen LogP contribution >= 0.6 is 11.3 Å². The zero-order chi connectivity index (χ0) is 18.6. The van der Waals surface area contributed by atoms with Gasteiger partial charge in [0.2, 0.25) is 5.82 Å². The van der Waals surface area contributed by atoms with Crippen molar-refractivity contribution in [2.24, 2.45) is 5.92 Å². The largest absolute Gasteiger partial charge is 0.346 e. The summed E-state index contributed by atoms with van der Waals surface area (Å²) in [4.78, 5) is 22.1. The highest BCUT2D eigenvalue weighted by molar-refractivity contribution is 7.18. The van der Waals surface area contributed by atoms with Gasteiger partial charge in [0.05, 0.1) is 25.2 Å². The zero-order valence-corrected chi connectivity index (χ0v) is 16.7. The van der Waals surface area contributed by atoms with E-state index in [1.807, 2.05) is 27.7 Å². The van der Waals surface area contributed by atoms with Gasteiger partial charge in [-0.05, 0) is 45.6 Å². The van der Waals surface area contributed by atoms with Crippen molar-refractivity contribution in [3.8, 4) is 0 Å². The van der Waals surface area contributed by atoms with E-state index in [1.54, 1.807) is 11.3 Å². The minimum Gasteiger partial charge on any atom is -0.321 e. The van der Waals surface area contributed by atoms with Crippen LogP contribution in [0.5, 0.6) is 0 Å². The van der Waals surface area contributed by atoms with Crippen molar-refractivity contribution in [2.45, 2.75) is 53.9 Å². The molecule has 2 aromatic heterocycles. The lowest BCUT2D eigenvalue weighted by Gasteiger charge is -2.30. The number of thiophene rings is 1. The van der Waals surface area contributed by atoms with Crippen molar-refractivity contribution in [1.29, 1.82) is 0 Å². The highest BCUT2D eigenvalue weighted by Crippen LogP contribution is 2.32. The molecule has 0 aliphatic rings. The van der Waals surface area contributed by atoms with E-state index in [0.717, 1.165) is 12.0 Å². The quantitative estimate of drug-likeness (QED) is 0.683. The molecule has 0 bridgehead atoms. The summed E-state index contributed by atoms with van der Waals surface area (Å²) in [5, 5.41) is 0.641. The Balaban J connectivity index is 2.62. The number of H-pyrrole nitrogens is 1. The molecular weight excluding hydrogens is 340 g/mol. The summed E-state index contributed by atoms with van der Waals surface area (Å²) in [5.74, 6) is -0.714. The number of fused-ring (bicyclic) bond motifs is 1. The third-order valence-corrected chi connectivity index (χ3v) is 4.99. The van der Waals surface area contributed by atoms with E-state index >= 15 is 0 Å². The van der Waals surface area contributed by atoms with Crippen LogP contribution in [0.2, 0.25) is 0 Å². The van der Waals surface area contributed by atoms with Crippen molar-refractivity contribution < 1.29 is 14.2 Å². The molecule has 6 nitrogen and oxygen atoms in total. The molecule has 0 radical (unpaired) electrons. The number of ether oxygens (including phenoxy) is 3. The van der Waals surface area contributed by atoms with E-state index in [0.29, 0.717) is 36.0 Å². The molecule has 0 saturated heterocycles. The van der Waals surface area contributed by atoms with Crippen LogP contribution in [0, 0.1) is 12.8 Å². The minimum atomic E-state index is -1.48. The molecule has 1 N–H and O–H groups in total. The van der Waals surface area contributed by atoms with E-state index in [4.69, 9.17) is 14.2 Å². The van der Waals surface area contributed by atoms with Gasteiger partial charge in [0, 0.05) is 4.88 Å². The Kier molecular flexibility index (Phi) is 6.73.